The van der Waals surface area contributed by atoms with Gasteiger partial charge in [0.25, 0.3) is 5.69 Å². The van der Waals surface area contributed by atoms with Crippen molar-refractivity contribution in [3.63, 3.8) is 0 Å². The second-order valence-corrected chi connectivity index (χ2v) is 6.64. The third-order valence-electron chi connectivity index (χ3n) is 4.94. The van der Waals surface area contributed by atoms with Crippen LogP contribution in [0.5, 0.6) is 0 Å². The summed E-state index contributed by atoms with van der Waals surface area (Å²) in [5.41, 5.74) is 4.44. The first kappa shape index (κ1) is 15.8. The van der Waals surface area contributed by atoms with E-state index in [1.54, 1.807) is 18.2 Å². The fraction of sp³-hybridized carbons (Fsp3) is 0.300. The molecule has 0 N–H and O–H groups in total. The molecule has 2 aliphatic heterocycles. The Balaban J connectivity index is 1.75. The Morgan fingerprint density at radius 2 is 1.88 bits per heavy atom. The summed E-state index contributed by atoms with van der Waals surface area (Å²) in [6.45, 7) is 4.07. The number of fused-ring (bicyclic) bond motifs is 1. The van der Waals surface area contributed by atoms with Crippen LogP contribution in [0.25, 0.3) is 17.2 Å². The molecule has 2 aliphatic rings. The predicted octanol–water partition coefficient (Wildman–Crippen LogP) is 4.15. The van der Waals surface area contributed by atoms with Gasteiger partial charge in [0.1, 0.15) is 0 Å². The molecule has 2 aromatic carbocycles. The number of likely N-dealkylation sites (tertiary alicyclic amines) is 1. The molecule has 5 nitrogen and oxygen atoms in total. The van der Waals surface area contributed by atoms with E-state index in [9.17, 15) is 10.1 Å². The smallest absolute Gasteiger partial charge is 0.270 e. The minimum Gasteiger partial charge on any atom is -0.354 e. The molecule has 0 radical (unpaired) electrons. The van der Waals surface area contributed by atoms with Crippen LogP contribution in [-0.2, 0) is 0 Å². The van der Waals surface area contributed by atoms with Gasteiger partial charge in [-0.25, -0.2) is 0 Å². The van der Waals surface area contributed by atoms with Crippen molar-refractivity contribution in [1.29, 1.82) is 0 Å². The number of rotatable bonds is 4. The molecule has 2 heterocycles. The van der Waals surface area contributed by atoms with E-state index in [2.05, 4.69) is 34.1 Å². The number of para-hydroxylation sites is 1. The third kappa shape index (κ3) is 3.15. The Labute approximate surface area is 147 Å². The Morgan fingerprint density at radius 1 is 1.08 bits per heavy atom. The summed E-state index contributed by atoms with van der Waals surface area (Å²) in [6, 6.07) is 13.1. The first-order chi connectivity index (χ1) is 12.2. The molecule has 2 aromatic rings. The minimum atomic E-state index is -0.333. The fourth-order valence-corrected chi connectivity index (χ4v) is 3.76. The lowest BCUT2D eigenvalue weighted by Crippen LogP contribution is -2.38. The molecule has 128 valence electrons. The van der Waals surface area contributed by atoms with Gasteiger partial charge in [0.05, 0.1) is 17.3 Å². The number of nitro groups is 1. The van der Waals surface area contributed by atoms with Crippen LogP contribution in [0.2, 0.25) is 0 Å². The molecule has 0 amide bonds. The first-order valence-corrected chi connectivity index (χ1v) is 8.74. The summed E-state index contributed by atoms with van der Waals surface area (Å²) in [7, 11) is 0. The van der Waals surface area contributed by atoms with Gasteiger partial charge in [-0.2, -0.15) is 0 Å². The molecule has 1 fully saturated rings. The molecular weight excluding hydrogens is 314 g/mol. The summed E-state index contributed by atoms with van der Waals surface area (Å²) < 4.78 is 0. The zero-order valence-corrected chi connectivity index (χ0v) is 14.1. The second kappa shape index (κ2) is 6.69. The van der Waals surface area contributed by atoms with Crippen molar-refractivity contribution in [3.05, 3.63) is 64.2 Å². The second-order valence-electron chi connectivity index (χ2n) is 6.64. The van der Waals surface area contributed by atoms with E-state index in [4.69, 9.17) is 0 Å². The molecule has 0 aliphatic carbocycles. The fourth-order valence-electron chi connectivity index (χ4n) is 3.76. The highest BCUT2D eigenvalue weighted by Crippen LogP contribution is 2.38. The van der Waals surface area contributed by atoms with Crippen LogP contribution in [0.4, 0.5) is 11.4 Å². The van der Waals surface area contributed by atoms with Gasteiger partial charge in [-0.05, 0) is 37.1 Å². The highest BCUT2D eigenvalue weighted by Gasteiger charge is 2.22. The molecule has 0 aromatic heterocycles. The van der Waals surface area contributed by atoms with Crippen LogP contribution in [0, 0.1) is 10.1 Å². The number of hydrogen-bond donors (Lipinski definition) is 0. The van der Waals surface area contributed by atoms with Gasteiger partial charge in [0.2, 0.25) is 0 Å². The molecule has 0 atom stereocenters. The Morgan fingerprint density at radius 3 is 2.68 bits per heavy atom. The van der Waals surface area contributed by atoms with E-state index in [0.717, 1.165) is 37.4 Å². The van der Waals surface area contributed by atoms with E-state index in [1.165, 1.54) is 24.1 Å². The predicted molar refractivity (Wildman–Crippen MR) is 101 cm³/mol. The van der Waals surface area contributed by atoms with Crippen molar-refractivity contribution in [3.8, 4) is 11.1 Å². The highest BCUT2D eigenvalue weighted by molar-refractivity contribution is 5.87. The van der Waals surface area contributed by atoms with E-state index >= 15 is 0 Å². The standard InChI is InChI=1S/C20H21N3O2/c24-23(25)18-9-3-7-17(14-18)19-10-4-6-16-8-5-13-22(20(16)19)15-21-11-1-2-12-21/h3-10,14H,1-2,11-13,15H2. The van der Waals surface area contributed by atoms with Crippen molar-refractivity contribution < 1.29 is 4.92 Å². The number of non-ortho nitro benzene ring substituents is 1. The lowest BCUT2D eigenvalue weighted by molar-refractivity contribution is -0.384. The van der Waals surface area contributed by atoms with Gasteiger partial charge >= 0.3 is 0 Å². The van der Waals surface area contributed by atoms with Crippen LogP contribution in [0.15, 0.2) is 48.5 Å². The Hall–Kier alpha value is -2.66. The molecule has 1 saturated heterocycles. The molecular formula is C20H21N3O2. The molecule has 0 saturated carbocycles. The molecule has 25 heavy (non-hydrogen) atoms. The van der Waals surface area contributed by atoms with E-state index in [0.29, 0.717) is 0 Å². The SMILES string of the molecule is O=[N+]([O-])c1cccc(-c2cccc3c2N(CN2CCCC2)CC=C3)c1. The summed E-state index contributed by atoms with van der Waals surface area (Å²) in [5.74, 6) is 0. The first-order valence-electron chi connectivity index (χ1n) is 8.74. The maximum atomic E-state index is 11.1. The molecule has 0 unspecified atom stereocenters. The van der Waals surface area contributed by atoms with E-state index in [-0.39, 0.29) is 10.6 Å². The van der Waals surface area contributed by atoms with Gasteiger partial charge in [0.15, 0.2) is 0 Å². The molecule has 0 spiro atoms. The Kier molecular flexibility index (Phi) is 4.24. The number of hydrogen-bond acceptors (Lipinski definition) is 4. The van der Waals surface area contributed by atoms with Crippen molar-refractivity contribution in [2.75, 3.05) is 31.2 Å². The molecule has 4 rings (SSSR count). The van der Waals surface area contributed by atoms with Gasteiger partial charge < -0.3 is 4.90 Å². The zero-order chi connectivity index (χ0) is 17.2. The van der Waals surface area contributed by atoms with E-state index in [1.807, 2.05) is 12.1 Å². The summed E-state index contributed by atoms with van der Waals surface area (Å²) in [5, 5.41) is 11.1. The van der Waals surface area contributed by atoms with Gasteiger partial charge in [0, 0.05) is 24.2 Å². The van der Waals surface area contributed by atoms with Crippen LogP contribution < -0.4 is 4.90 Å². The van der Waals surface area contributed by atoms with Crippen LogP contribution in [-0.4, -0.2) is 36.1 Å². The van der Waals surface area contributed by atoms with Crippen LogP contribution in [0.3, 0.4) is 0 Å². The number of nitrogens with zero attached hydrogens (tertiary/aromatic N) is 3. The Bertz CT molecular complexity index is 825. The maximum Gasteiger partial charge on any atom is 0.270 e. The van der Waals surface area contributed by atoms with Crippen LogP contribution >= 0.6 is 0 Å². The van der Waals surface area contributed by atoms with Crippen molar-refractivity contribution in [2.45, 2.75) is 12.8 Å². The third-order valence-corrected chi connectivity index (χ3v) is 4.94. The largest absolute Gasteiger partial charge is 0.354 e. The van der Waals surface area contributed by atoms with Gasteiger partial charge in [-0.15, -0.1) is 0 Å². The zero-order valence-electron chi connectivity index (χ0n) is 14.1. The monoisotopic (exact) mass is 335 g/mol. The van der Waals surface area contributed by atoms with Gasteiger partial charge in [-0.1, -0.05) is 42.5 Å². The van der Waals surface area contributed by atoms with Crippen LogP contribution in [0.1, 0.15) is 18.4 Å². The topological polar surface area (TPSA) is 49.6 Å². The molecule has 0 bridgehead atoms. The quantitative estimate of drug-likeness (QED) is 0.622. The van der Waals surface area contributed by atoms with Crippen molar-refractivity contribution in [1.82, 2.24) is 4.90 Å². The maximum absolute atomic E-state index is 11.1. The average Bonchev–Trinajstić information content (AvgIpc) is 3.14. The summed E-state index contributed by atoms with van der Waals surface area (Å²) in [4.78, 5) is 15.7. The number of nitro benzene ring substituents is 1. The normalized spacial score (nSPS) is 16.9. The lowest BCUT2D eigenvalue weighted by atomic mass is 9.97. The summed E-state index contributed by atoms with van der Waals surface area (Å²) in [6.07, 6.45) is 6.87. The summed E-state index contributed by atoms with van der Waals surface area (Å²) >= 11 is 0. The number of anilines is 1. The minimum absolute atomic E-state index is 0.132. The lowest BCUT2D eigenvalue weighted by Gasteiger charge is -2.33. The number of benzene rings is 2. The molecule has 5 heteroatoms. The average molecular weight is 335 g/mol. The van der Waals surface area contributed by atoms with Gasteiger partial charge in [-0.3, -0.25) is 15.0 Å². The van der Waals surface area contributed by atoms with Crippen molar-refractivity contribution >= 4 is 17.5 Å². The van der Waals surface area contributed by atoms with Crippen molar-refractivity contribution in [2.24, 2.45) is 0 Å². The van der Waals surface area contributed by atoms with E-state index < -0.39 is 0 Å². The highest BCUT2D eigenvalue weighted by atomic mass is 16.6.